The van der Waals surface area contributed by atoms with Gasteiger partial charge in [0.25, 0.3) is 0 Å². The molecule has 1 saturated heterocycles. The number of rotatable bonds is 3. The molecule has 2 atom stereocenters. The quantitative estimate of drug-likeness (QED) is 0.844. The highest BCUT2D eigenvalue weighted by Gasteiger charge is 2.30. The third-order valence-electron chi connectivity index (χ3n) is 2.80. The molecule has 0 aliphatic carbocycles. The summed E-state index contributed by atoms with van der Waals surface area (Å²) >= 11 is 1.67. The first-order valence-electron chi connectivity index (χ1n) is 5.40. The molecule has 1 heterocycles. The summed E-state index contributed by atoms with van der Waals surface area (Å²) in [4.78, 5) is 10.9. The van der Waals surface area contributed by atoms with Crippen molar-refractivity contribution in [1.82, 2.24) is 5.32 Å². The van der Waals surface area contributed by atoms with Gasteiger partial charge in [0.1, 0.15) is 6.04 Å². The minimum Gasteiger partial charge on any atom is -0.480 e. The summed E-state index contributed by atoms with van der Waals surface area (Å²) in [5, 5.41) is 12.2. The average molecular weight is 237 g/mol. The Balaban J connectivity index is 2.17. The van der Waals surface area contributed by atoms with E-state index in [1.54, 1.807) is 11.8 Å². The predicted octanol–water partition coefficient (Wildman–Crippen LogP) is 2.04. The zero-order valence-corrected chi connectivity index (χ0v) is 9.96. The van der Waals surface area contributed by atoms with Gasteiger partial charge in [-0.15, -0.1) is 11.8 Å². The summed E-state index contributed by atoms with van der Waals surface area (Å²) in [6, 6.07) is 7.79. The smallest absolute Gasteiger partial charge is 0.321 e. The van der Waals surface area contributed by atoms with Crippen LogP contribution in [-0.4, -0.2) is 22.9 Å². The van der Waals surface area contributed by atoms with E-state index >= 15 is 0 Å². The van der Waals surface area contributed by atoms with E-state index in [0.29, 0.717) is 5.75 Å². The molecule has 86 valence electrons. The molecule has 1 aromatic rings. The largest absolute Gasteiger partial charge is 0.480 e. The maximum Gasteiger partial charge on any atom is 0.321 e. The van der Waals surface area contributed by atoms with Gasteiger partial charge in [-0.05, 0) is 17.5 Å². The molecule has 0 bridgehead atoms. The Kier molecular flexibility index (Phi) is 3.51. The second kappa shape index (κ2) is 4.89. The van der Waals surface area contributed by atoms with Crippen LogP contribution >= 0.6 is 11.8 Å². The highest BCUT2D eigenvalue weighted by Crippen LogP contribution is 2.34. The molecule has 2 rings (SSSR count). The van der Waals surface area contributed by atoms with E-state index < -0.39 is 12.0 Å². The van der Waals surface area contributed by atoms with E-state index in [2.05, 4.69) is 24.4 Å². The molecule has 16 heavy (non-hydrogen) atoms. The molecule has 1 fully saturated rings. The van der Waals surface area contributed by atoms with Crippen molar-refractivity contribution in [2.45, 2.75) is 24.8 Å². The SMILES string of the molecule is CCc1ccccc1C1N[C@H](C(=O)O)CS1. The van der Waals surface area contributed by atoms with Crippen LogP contribution in [0.4, 0.5) is 0 Å². The van der Waals surface area contributed by atoms with E-state index in [0.717, 1.165) is 6.42 Å². The molecule has 2 N–H and O–H groups in total. The zero-order valence-electron chi connectivity index (χ0n) is 9.14. The molecule has 0 spiro atoms. The molecule has 1 unspecified atom stereocenters. The van der Waals surface area contributed by atoms with E-state index in [1.165, 1.54) is 11.1 Å². The number of aliphatic carboxylic acids is 1. The average Bonchev–Trinajstić information content (AvgIpc) is 2.78. The van der Waals surface area contributed by atoms with E-state index in [1.807, 2.05) is 12.1 Å². The molecule has 0 radical (unpaired) electrons. The molecule has 1 aromatic carbocycles. The number of benzene rings is 1. The number of carboxylic acid groups (broad SMARTS) is 1. The lowest BCUT2D eigenvalue weighted by Crippen LogP contribution is -2.33. The molecule has 3 nitrogen and oxygen atoms in total. The van der Waals surface area contributed by atoms with Gasteiger partial charge in [-0.25, -0.2) is 0 Å². The Hall–Kier alpha value is -1.00. The number of carbonyl (C=O) groups is 1. The second-order valence-corrected chi connectivity index (χ2v) is 4.96. The van der Waals surface area contributed by atoms with Crippen molar-refractivity contribution in [3.05, 3.63) is 35.4 Å². The minimum atomic E-state index is -0.760. The van der Waals surface area contributed by atoms with Gasteiger partial charge < -0.3 is 5.11 Å². The maximum absolute atomic E-state index is 10.9. The Morgan fingerprint density at radius 3 is 2.94 bits per heavy atom. The van der Waals surface area contributed by atoms with Crippen LogP contribution in [0.15, 0.2) is 24.3 Å². The molecule has 0 aromatic heterocycles. The Morgan fingerprint density at radius 1 is 1.56 bits per heavy atom. The molecule has 0 saturated carbocycles. The molecular weight excluding hydrogens is 222 g/mol. The van der Waals surface area contributed by atoms with E-state index in [9.17, 15) is 4.79 Å². The number of hydrogen-bond acceptors (Lipinski definition) is 3. The summed E-state index contributed by atoms with van der Waals surface area (Å²) in [7, 11) is 0. The first kappa shape index (κ1) is 11.5. The monoisotopic (exact) mass is 237 g/mol. The molecule has 1 aliphatic heterocycles. The normalized spacial score (nSPS) is 24.6. The fourth-order valence-corrected chi connectivity index (χ4v) is 3.20. The fraction of sp³-hybridized carbons (Fsp3) is 0.417. The van der Waals surface area contributed by atoms with Crippen molar-refractivity contribution in [3.8, 4) is 0 Å². The third-order valence-corrected chi connectivity index (χ3v) is 4.05. The van der Waals surface area contributed by atoms with Crippen molar-refractivity contribution >= 4 is 17.7 Å². The van der Waals surface area contributed by atoms with Gasteiger partial charge in [-0.1, -0.05) is 31.2 Å². The minimum absolute atomic E-state index is 0.122. The van der Waals surface area contributed by atoms with Gasteiger partial charge in [-0.3, -0.25) is 10.1 Å². The molecular formula is C12H15NO2S. The molecule has 0 amide bonds. The summed E-state index contributed by atoms with van der Waals surface area (Å²) in [5.74, 6) is -0.123. The topological polar surface area (TPSA) is 49.3 Å². The molecule has 4 heteroatoms. The number of nitrogens with one attached hydrogen (secondary N) is 1. The Labute approximate surface area is 99.2 Å². The molecule has 1 aliphatic rings. The van der Waals surface area contributed by atoms with E-state index in [-0.39, 0.29) is 5.37 Å². The second-order valence-electron chi connectivity index (χ2n) is 3.82. The fourth-order valence-electron chi connectivity index (χ4n) is 1.91. The van der Waals surface area contributed by atoms with Gasteiger partial charge in [0.15, 0.2) is 0 Å². The van der Waals surface area contributed by atoms with Crippen LogP contribution in [0.25, 0.3) is 0 Å². The first-order chi connectivity index (χ1) is 7.72. The van der Waals surface area contributed by atoms with Crippen LogP contribution in [0.1, 0.15) is 23.4 Å². The van der Waals surface area contributed by atoms with Crippen molar-refractivity contribution in [2.75, 3.05) is 5.75 Å². The summed E-state index contributed by atoms with van der Waals surface area (Å²) < 4.78 is 0. The lowest BCUT2D eigenvalue weighted by molar-refractivity contribution is -0.138. The van der Waals surface area contributed by atoms with Crippen LogP contribution in [0, 0.1) is 0 Å². The standard InChI is InChI=1S/C12H15NO2S/c1-2-8-5-3-4-6-9(8)11-13-10(7-16-11)12(14)15/h3-6,10-11,13H,2,7H2,1H3,(H,14,15)/t10-,11?/m0/s1. The predicted molar refractivity (Wildman–Crippen MR) is 65.6 cm³/mol. The first-order valence-corrected chi connectivity index (χ1v) is 6.45. The lowest BCUT2D eigenvalue weighted by atomic mass is 10.1. The highest BCUT2D eigenvalue weighted by molar-refractivity contribution is 7.99. The Morgan fingerprint density at radius 2 is 2.31 bits per heavy atom. The van der Waals surface area contributed by atoms with Gasteiger partial charge >= 0.3 is 5.97 Å². The van der Waals surface area contributed by atoms with Crippen LogP contribution in [0.2, 0.25) is 0 Å². The maximum atomic E-state index is 10.9. The number of aryl methyl sites for hydroxylation is 1. The van der Waals surface area contributed by atoms with Crippen molar-refractivity contribution < 1.29 is 9.90 Å². The summed E-state index contributed by atoms with van der Waals surface area (Å²) in [5.41, 5.74) is 2.51. The van der Waals surface area contributed by atoms with Crippen molar-refractivity contribution in [1.29, 1.82) is 0 Å². The third kappa shape index (κ3) is 2.23. The van der Waals surface area contributed by atoms with Crippen LogP contribution in [0.3, 0.4) is 0 Å². The summed E-state index contributed by atoms with van der Waals surface area (Å²) in [6.07, 6.45) is 0.979. The van der Waals surface area contributed by atoms with Crippen LogP contribution in [0.5, 0.6) is 0 Å². The summed E-state index contributed by atoms with van der Waals surface area (Å²) in [6.45, 7) is 2.12. The van der Waals surface area contributed by atoms with Crippen molar-refractivity contribution in [2.24, 2.45) is 0 Å². The Bertz CT molecular complexity index is 394. The lowest BCUT2D eigenvalue weighted by Gasteiger charge is -2.15. The van der Waals surface area contributed by atoms with Gasteiger partial charge in [0.2, 0.25) is 0 Å². The highest BCUT2D eigenvalue weighted by atomic mass is 32.2. The number of thioether (sulfide) groups is 1. The van der Waals surface area contributed by atoms with E-state index in [4.69, 9.17) is 5.11 Å². The van der Waals surface area contributed by atoms with Gasteiger partial charge in [-0.2, -0.15) is 0 Å². The number of hydrogen-bond donors (Lipinski definition) is 2. The van der Waals surface area contributed by atoms with Crippen LogP contribution in [-0.2, 0) is 11.2 Å². The number of carboxylic acids is 1. The van der Waals surface area contributed by atoms with Crippen LogP contribution < -0.4 is 5.32 Å². The van der Waals surface area contributed by atoms with Crippen molar-refractivity contribution in [3.63, 3.8) is 0 Å². The zero-order chi connectivity index (χ0) is 11.5. The van der Waals surface area contributed by atoms with Gasteiger partial charge in [0.05, 0.1) is 5.37 Å². The van der Waals surface area contributed by atoms with Gasteiger partial charge in [0, 0.05) is 5.75 Å².